The molecule has 2 amide bonds. The quantitative estimate of drug-likeness (QED) is 0.802. The third-order valence-corrected chi connectivity index (χ3v) is 5.02. The summed E-state index contributed by atoms with van der Waals surface area (Å²) in [4.78, 5) is 36.1. The first kappa shape index (κ1) is 19.0. The van der Waals surface area contributed by atoms with Crippen molar-refractivity contribution in [1.82, 2.24) is 14.9 Å². The van der Waals surface area contributed by atoms with Crippen molar-refractivity contribution >= 4 is 29.3 Å². The maximum atomic E-state index is 13.7. The van der Waals surface area contributed by atoms with Crippen molar-refractivity contribution in [3.8, 4) is 0 Å². The van der Waals surface area contributed by atoms with Crippen LogP contribution < -0.4 is 15.5 Å². The van der Waals surface area contributed by atoms with Crippen LogP contribution in [0.4, 0.5) is 26.2 Å². The topological polar surface area (TPSA) is 90.5 Å². The SMILES string of the molecule is Cc1nc(NC2CN(C(=O)Cc3cccc(F)c3F)C2)nc2c1NC(=O)CN2C. The highest BCUT2D eigenvalue weighted by Crippen LogP contribution is 2.30. The molecular formula is C19H20F2N6O2. The van der Waals surface area contributed by atoms with Crippen LogP contribution in [0.15, 0.2) is 18.2 Å². The largest absolute Gasteiger partial charge is 0.348 e. The standard InChI is InChI=1S/C19H20F2N6O2/c1-10-17-18(26(2)9-14(28)24-17)25-19(22-10)23-12-7-27(8-12)15(29)6-11-4-3-5-13(20)16(11)21/h3-5,12H,6-9H2,1-2H3,(H,24,28)(H,22,23,25). The fourth-order valence-electron chi connectivity index (χ4n) is 3.43. The molecule has 0 bridgehead atoms. The first-order chi connectivity index (χ1) is 13.8. The minimum absolute atomic E-state index is 0.0442. The highest BCUT2D eigenvalue weighted by atomic mass is 19.2. The molecule has 1 saturated heterocycles. The molecular weight excluding hydrogens is 382 g/mol. The Bertz CT molecular complexity index is 993. The molecule has 0 aliphatic carbocycles. The van der Waals surface area contributed by atoms with Gasteiger partial charge in [-0.25, -0.2) is 13.8 Å². The summed E-state index contributed by atoms with van der Waals surface area (Å²) < 4.78 is 27.0. The van der Waals surface area contributed by atoms with Gasteiger partial charge >= 0.3 is 0 Å². The molecule has 1 aromatic carbocycles. The highest BCUT2D eigenvalue weighted by molar-refractivity contribution is 6.00. The molecule has 152 valence electrons. The van der Waals surface area contributed by atoms with Gasteiger partial charge in [0.05, 0.1) is 24.7 Å². The Morgan fingerprint density at radius 3 is 2.83 bits per heavy atom. The van der Waals surface area contributed by atoms with Gasteiger partial charge in [0.15, 0.2) is 17.5 Å². The molecule has 8 nitrogen and oxygen atoms in total. The van der Waals surface area contributed by atoms with Crippen LogP contribution in [0.25, 0.3) is 0 Å². The number of anilines is 3. The summed E-state index contributed by atoms with van der Waals surface area (Å²) in [5.41, 5.74) is 1.29. The van der Waals surface area contributed by atoms with Gasteiger partial charge in [-0.1, -0.05) is 12.1 Å². The molecule has 10 heteroatoms. The van der Waals surface area contributed by atoms with Crippen molar-refractivity contribution in [2.45, 2.75) is 19.4 Å². The number of carbonyl (C=O) groups excluding carboxylic acids is 2. The summed E-state index contributed by atoms with van der Waals surface area (Å²) in [7, 11) is 1.78. The van der Waals surface area contributed by atoms with E-state index in [1.165, 1.54) is 12.1 Å². The van der Waals surface area contributed by atoms with E-state index in [0.717, 1.165) is 6.07 Å². The summed E-state index contributed by atoms with van der Waals surface area (Å²) >= 11 is 0. The maximum Gasteiger partial charge on any atom is 0.244 e. The van der Waals surface area contributed by atoms with Gasteiger partial charge in [-0.05, 0) is 13.0 Å². The molecule has 0 unspecified atom stereocenters. The van der Waals surface area contributed by atoms with Crippen molar-refractivity contribution in [1.29, 1.82) is 0 Å². The number of likely N-dealkylation sites (tertiary alicyclic amines) is 1. The maximum absolute atomic E-state index is 13.7. The Hall–Kier alpha value is -3.30. The zero-order chi connectivity index (χ0) is 20.7. The van der Waals surface area contributed by atoms with Gasteiger partial charge < -0.3 is 20.4 Å². The number of likely N-dealkylation sites (N-methyl/N-ethyl adjacent to an activating group) is 1. The summed E-state index contributed by atoms with van der Waals surface area (Å²) in [6.07, 6.45) is -0.185. The van der Waals surface area contributed by atoms with Gasteiger partial charge in [-0.15, -0.1) is 0 Å². The highest BCUT2D eigenvalue weighted by Gasteiger charge is 2.32. The van der Waals surface area contributed by atoms with Gasteiger partial charge in [0, 0.05) is 25.7 Å². The van der Waals surface area contributed by atoms with Gasteiger partial charge in [-0.3, -0.25) is 9.59 Å². The summed E-state index contributed by atoms with van der Waals surface area (Å²) in [5.74, 6) is -1.27. The molecule has 3 heterocycles. The van der Waals surface area contributed by atoms with Crippen molar-refractivity contribution in [3.05, 3.63) is 41.1 Å². The molecule has 0 saturated carbocycles. The number of nitrogens with zero attached hydrogens (tertiary/aromatic N) is 4. The molecule has 0 spiro atoms. The molecule has 29 heavy (non-hydrogen) atoms. The fourth-order valence-corrected chi connectivity index (χ4v) is 3.43. The van der Waals surface area contributed by atoms with Crippen LogP contribution >= 0.6 is 0 Å². The molecule has 2 aliphatic heterocycles. The van der Waals surface area contributed by atoms with E-state index in [1.54, 1.807) is 23.8 Å². The Balaban J connectivity index is 1.37. The smallest absolute Gasteiger partial charge is 0.244 e. The first-order valence-corrected chi connectivity index (χ1v) is 9.18. The van der Waals surface area contributed by atoms with Crippen LogP contribution in [0.2, 0.25) is 0 Å². The van der Waals surface area contributed by atoms with Crippen LogP contribution in [0, 0.1) is 18.6 Å². The van der Waals surface area contributed by atoms with Crippen LogP contribution in [-0.2, 0) is 16.0 Å². The number of aryl methyl sites for hydroxylation is 1. The molecule has 2 aliphatic rings. The Labute approximate surface area is 165 Å². The van der Waals surface area contributed by atoms with Crippen LogP contribution in [0.1, 0.15) is 11.3 Å². The zero-order valence-electron chi connectivity index (χ0n) is 16.0. The zero-order valence-corrected chi connectivity index (χ0v) is 16.0. The lowest BCUT2D eigenvalue weighted by Crippen LogP contribution is -2.57. The average Bonchev–Trinajstić information content (AvgIpc) is 2.62. The van der Waals surface area contributed by atoms with E-state index in [4.69, 9.17) is 0 Å². The van der Waals surface area contributed by atoms with E-state index < -0.39 is 11.6 Å². The van der Waals surface area contributed by atoms with Crippen LogP contribution in [-0.4, -0.2) is 59.4 Å². The van der Waals surface area contributed by atoms with Gasteiger partial charge in [0.25, 0.3) is 0 Å². The molecule has 2 aromatic rings. The van der Waals surface area contributed by atoms with E-state index in [1.807, 2.05) is 0 Å². The number of nitrogens with one attached hydrogen (secondary N) is 2. The van der Waals surface area contributed by atoms with E-state index in [-0.39, 0.29) is 36.4 Å². The number of halogens is 2. The van der Waals surface area contributed by atoms with Crippen LogP contribution in [0.5, 0.6) is 0 Å². The number of aromatic nitrogens is 2. The summed E-state index contributed by atoms with van der Waals surface area (Å²) in [5, 5.41) is 5.96. The van der Waals surface area contributed by atoms with Crippen molar-refractivity contribution in [2.24, 2.45) is 0 Å². The van der Waals surface area contributed by atoms with Gasteiger partial charge in [0.2, 0.25) is 17.8 Å². The number of fused-ring (bicyclic) bond motifs is 1. The van der Waals surface area contributed by atoms with Crippen molar-refractivity contribution < 1.29 is 18.4 Å². The van der Waals surface area contributed by atoms with E-state index in [2.05, 4.69) is 20.6 Å². The van der Waals surface area contributed by atoms with Crippen LogP contribution in [0.3, 0.4) is 0 Å². The number of hydrogen-bond donors (Lipinski definition) is 2. The summed E-state index contributed by atoms with van der Waals surface area (Å²) in [6.45, 7) is 2.84. The Morgan fingerprint density at radius 2 is 2.07 bits per heavy atom. The van der Waals surface area contributed by atoms with E-state index in [0.29, 0.717) is 36.2 Å². The number of amides is 2. The normalized spacial score (nSPS) is 16.2. The van der Waals surface area contributed by atoms with Gasteiger partial charge in [0.1, 0.15) is 5.69 Å². The molecule has 4 rings (SSSR count). The molecule has 0 radical (unpaired) electrons. The number of benzene rings is 1. The fraction of sp³-hybridized carbons (Fsp3) is 0.368. The van der Waals surface area contributed by atoms with E-state index >= 15 is 0 Å². The number of rotatable bonds is 4. The second-order valence-corrected chi connectivity index (χ2v) is 7.27. The predicted octanol–water partition coefficient (Wildman–Crippen LogP) is 1.32. The lowest BCUT2D eigenvalue weighted by Gasteiger charge is -2.40. The Morgan fingerprint density at radius 1 is 1.31 bits per heavy atom. The van der Waals surface area contributed by atoms with Gasteiger partial charge in [-0.2, -0.15) is 4.98 Å². The lowest BCUT2D eigenvalue weighted by molar-refractivity contribution is -0.134. The predicted molar refractivity (Wildman–Crippen MR) is 103 cm³/mol. The Kier molecular flexibility index (Phi) is 4.77. The monoisotopic (exact) mass is 402 g/mol. The third-order valence-electron chi connectivity index (χ3n) is 5.02. The number of hydrogen-bond acceptors (Lipinski definition) is 6. The second-order valence-electron chi connectivity index (χ2n) is 7.27. The van der Waals surface area contributed by atoms with Crippen molar-refractivity contribution in [3.63, 3.8) is 0 Å². The first-order valence-electron chi connectivity index (χ1n) is 9.18. The second kappa shape index (κ2) is 7.26. The molecule has 2 N–H and O–H groups in total. The molecule has 0 atom stereocenters. The molecule has 1 aromatic heterocycles. The minimum Gasteiger partial charge on any atom is -0.348 e. The third kappa shape index (κ3) is 3.69. The number of carbonyl (C=O) groups is 2. The average molecular weight is 402 g/mol. The minimum atomic E-state index is -0.981. The van der Waals surface area contributed by atoms with E-state index in [9.17, 15) is 18.4 Å². The molecule has 1 fully saturated rings. The lowest BCUT2D eigenvalue weighted by atomic mass is 10.1. The summed E-state index contributed by atoms with van der Waals surface area (Å²) in [6, 6.07) is 3.77. The van der Waals surface area contributed by atoms with Crippen molar-refractivity contribution in [2.75, 3.05) is 42.2 Å².